The lowest BCUT2D eigenvalue weighted by molar-refractivity contribution is 0.0856. The van der Waals surface area contributed by atoms with E-state index < -0.39 is 11.5 Å². The molecule has 0 spiro atoms. The van der Waals surface area contributed by atoms with Crippen molar-refractivity contribution in [1.82, 2.24) is 15.3 Å². The van der Waals surface area contributed by atoms with Crippen molar-refractivity contribution >= 4 is 29.1 Å². The fraction of sp³-hybridized carbons (Fsp3) is 0.353. The van der Waals surface area contributed by atoms with Crippen molar-refractivity contribution < 1.29 is 9.53 Å². The summed E-state index contributed by atoms with van der Waals surface area (Å²) in [6.07, 6.45) is 3.45. The van der Waals surface area contributed by atoms with E-state index in [9.17, 15) is 9.59 Å². The second-order valence-electron chi connectivity index (χ2n) is 5.79. The van der Waals surface area contributed by atoms with E-state index in [1.165, 1.54) is 6.20 Å². The molecule has 0 aliphatic carbocycles. The molecule has 0 radical (unpaired) electrons. The van der Waals surface area contributed by atoms with Gasteiger partial charge in [-0.25, -0.2) is 4.98 Å². The summed E-state index contributed by atoms with van der Waals surface area (Å²) >= 11 is 12.2. The molecule has 1 amide bonds. The van der Waals surface area contributed by atoms with Crippen molar-refractivity contribution in [2.45, 2.75) is 25.4 Å². The molecular formula is C17H17Cl2N3O3. The predicted octanol–water partition coefficient (Wildman–Crippen LogP) is 2.58. The molecule has 2 N–H and O–H groups in total. The van der Waals surface area contributed by atoms with E-state index in [0.29, 0.717) is 34.6 Å². The molecule has 0 unspecified atom stereocenters. The summed E-state index contributed by atoms with van der Waals surface area (Å²) in [6, 6.07) is 5.17. The van der Waals surface area contributed by atoms with Crippen LogP contribution in [0.4, 0.5) is 0 Å². The van der Waals surface area contributed by atoms with Crippen molar-refractivity contribution in [3.05, 3.63) is 61.7 Å². The first-order valence-corrected chi connectivity index (χ1v) is 8.71. The number of benzene rings is 1. The molecule has 2 heterocycles. The molecular weight excluding hydrogens is 365 g/mol. The van der Waals surface area contributed by atoms with Gasteiger partial charge >= 0.3 is 0 Å². The van der Waals surface area contributed by atoms with Crippen LogP contribution in [0, 0.1) is 0 Å². The minimum absolute atomic E-state index is 0.0117. The first-order valence-electron chi connectivity index (χ1n) is 7.95. The highest BCUT2D eigenvalue weighted by atomic mass is 35.5. The van der Waals surface area contributed by atoms with E-state index in [1.807, 2.05) is 0 Å². The van der Waals surface area contributed by atoms with Crippen molar-refractivity contribution in [1.29, 1.82) is 0 Å². The average Bonchev–Trinajstić information content (AvgIpc) is 3.10. The number of hydrogen-bond acceptors (Lipinski definition) is 4. The van der Waals surface area contributed by atoms with E-state index >= 15 is 0 Å². The number of amides is 1. The van der Waals surface area contributed by atoms with Gasteiger partial charge in [0.2, 0.25) is 0 Å². The van der Waals surface area contributed by atoms with Gasteiger partial charge in [-0.3, -0.25) is 9.59 Å². The highest BCUT2D eigenvalue weighted by Crippen LogP contribution is 2.25. The third-order valence-electron chi connectivity index (χ3n) is 4.02. The Kier molecular flexibility index (Phi) is 5.73. The largest absolute Gasteiger partial charge is 0.376 e. The summed E-state index contributed by atoms with van der Waals surface area (Å²) < 4.78 is 5.44. The molecule has 1 saturated heterocycles. The molecule has 0 saturated carbocycles. The van der Waals surface area contributed by atoms with Gasteiger partial charge in [-0.05, 0) is 30.5 Å². The lowest BCUT2D eigenvalue weighted by Crippen LogP contribution is -2.35. The van der Waals surface area contributed by atoms with Crippen LogP contribution in [-0.4, -0.2) is 35.1 Å². The number of H-pyrrole nitrogens is 1. The lowest BCUT2D eigenvalue weighted by Gasteiger charge is -2.10. The van der Waals surface area contributed by atoms with Gasteiger partial charge in [0, 0.05) is 35.8 Å². The van der Waals surface area contributed by atoms with Gasteiger partial charge in [0.15, 0.2) is 0 Å². The van der Waals surface area contributed by atoms with Crippen LogP contribution in [0.2, 0.25) is 10.0 Å². The fourth-order valence-corrected chi connectivity index (χ4v) is 3.19. The monoisotopic (exact) mass is 381 g/mol. The van der Waals surface area contributed by atoms with Gasteiger partial charge in [0.1, 0.15) is 11.4 Å². The molecule has 1 aliphatic heterocycles. The summed E-state index contributed by atoms with van der Waals surface area (Å²) in [7, 11) is 0. The van der Waals surface area contributed by atoms with Gasteiger partial charge < -0.3 is 15.0 Å². The number of nitrogens with zero attached hydrogens (tertiary/aromatic N) is 1. The molecule has 0 bridgehead atoms. The summed E-state index contributed by atoms with van der Waals surface area (Å²) in [5, 5.41) is 3.69. The third kappa shape index (κ3) is 4.39. The van der Waals surface area contributed by atoms with E-state index in [2.05, 4.69) is 15.3 Å². The molecule has 1 atom stereocenters. The van der Waals surface area contributed by atoms with Crippen LogP contribution >= 0.6 is 23.2 Å². The SMILES string of the molecule is O=C(NC[C@H]1CCCO1)c1cnc(Cc2c(Cl)cccc2Cl)[nH]c1=O. The van der Waals surface area contributed by atoms with E-state index in [4.69, 9.17) is 27.9 Å². The summed E-state index contributed by atoms with van der Waals surface area (Å²) in [5.74, 6) is -0.0812. The zero-order valence-corrected chi connectivity index (χ0v) is 14.9. The number of halogens is 2. The molecule has 1 fully saturated rings. The van der Waals surface area contributed by atoms with Gasteiger partial charge in [-0.15, -0.1) is 0 Å². The number of ether oxygens (including phenoxy) is 1. The quantitative estimate of drug-likeness (QED) is 0.833. The number of rotatable bonds is 5. The Hall–Kier alpha value is -1.89. The second kappa shape index (κ2) is 7.99. The summed E-state index contributed by atoms with van der Waals surface area (Å²) in [4.78, 5) is 31.1. The maximum absolute atomic E-state index is 12.2. The number of hydrogen-bond donors (Lipinski definition) is 2. The minimum Gasteiger partial charge on any atom is -0.376 e. The normalized spacial score (nSPS) is 16.8. The Morgan fingerprint density at radius 1 is 1.36 bits per heavy atom. The van der Waals surface area contributed by atoms with Gasteiger partial charge in [0.25, 0.3) is 11.5 Å². The van der Waals surface area contributed by atoms with Gasteiger partial charge in [0.05, 0.1) is 6.10 Å². The first kappa shape index (κ1) is 17.9. The van der Waals surface area contributed by atoms with Gasteiger partial charge in [-0.1, -0.05) is 29.3 Å². The molecule has 2 aromatic rings. The van der Waals surface area contributed by atoms with Crippen LogP contribution in [0.15, 0.2) is 29.2 Å². The predicted molar refractivity (Wildman–Crippen MR) is 95.4 cm³/mol. The van der Waals surface area contributed by atoms with Crippen LogP contribution in [-0.2, 0) is 11.2 Å². The van der Waals surface area contributed by atoms with Crippen molar-refractivity contribution in [2.75, 3.05) is 13.2 Å². The Bertz CT molecular complexity index is 812. The Balaban J connectivity index is 1.70. The molecule has 132 valence electrons. The number of aromatic nitrogens is 2. The summed E-state index contributed by atoms with van der Waals surface area (Å²) in [6.45, 7) is 1.09. The topological polar surface area (TPSA) is 84.1 Å². The van der Waals surface area contributed by atoms with E-state index in [1.54, 1.807) is 18.2 Å². The number of carbonyl (C=O) groups excluding carboxylic acids is 1. The first-order chi connectivity index (χ1) is 12.0. The van der Waals surface area contributed by atoms with Gasteiger partial charge in [-0.2, -0.15) is 0 Å². The fourth-order valence-electron chi connectivity index (χ4n) is 2.66. The van der Waals surface area contributed by atoms with Crippen LogP contribution < -0.4 is 10.9 Å². The minimum atomic E-state index is -0.502. The molecule has 1 aromatic carbocycles. The number of aromatic amines is 1. The second-order valence-corrected chi connectivity index (χ2v) is 6.61. The maximum Gasteiger partial charge on any atom is 0.263 e. The zero-order chi connectivity index (χ0) is 17.8. The van der Waals surface area contributed by atoms with Crippen molar-refractivity contribution in [3.8, 4) is 0 Å². The Morgan fingerprint density at radius 3 is 2.76 bits per heavy atom. The highest BCUT2D eigenvalue weighted by Gasteiger charge is 2.18. The molecule has 3 rings (SSSR count). The van der Waals surface area contributed by atoms with Crippen LogP contribution in [0.5, 0.6) is 0 Å². The maximum atomic E-state index is 12.2. The number of nitrogens with one attached hydrogen (secondary N) is 2. The standard InChI is InChI=1S/C17H17Cl2N3O3/c18-13-4-1-5-14(19)11(13)7-15-20-9-12(17(24)22-15)16(23)21-8-10-3-2-6-25-10/h1,4-5,9-10H,2-3,6-8H2,(H,21,23)(H,20,22,24)/t10-/m1/s1. The zero-order valence-electron chi connectivity index (χ0n) is 13.4. The molecule has 25 heavy (non-hydrogen) atoms. The highest BCUT2D eigenvalue weighted by molar-refractivity contribution is 6.36. The van der Waals surface area contributed by atoms with Crippen molar-refractivity contribution in [3.63, 3.8) is 0 Å². The lowest BCUT2D eigenvalue weighted by atomic mass is 10.1. The van der Waals surface area contributed by atoms with Crippen LogP contribution in [0.3, 0.4) is 0 Å². The smallest absolute Gasteiger partial charge is 0.263 e. The molecule has 6 nitrogen and oxygen atoms in total. The Morgan fingerprint density at radius 2 is 2.12 bits per heavy atom. The molecule has 1 aliphatic rings. The molecule has 1 aromatic heterocycles. The molecule has 8 heteroatoms. The van der Waals surface area contributed by atoms with Crippen LogP contribution in [0.25, 0.3) is 0 Å². The summed E-state index contributed by atoms with van der Waals surface area (Å²) in [5.41, 5.74) is 0.134. The number of carbonyl (C=O) groups is 1. The van der Waals surface area contributed by atoms with Crippen molar-refractivity contribution in [2.24, 2.45) is 0 Å². The third-order valence-corrected chi connectivity index (χ3v) is 4.72. The van der Waals surface area contributed by atoms with E-state index in [-0.39, 0.29) is 18.1 Å². The Labute approximate surface area is 154 Å². The van der Waals surface area contributed by atoms with E-state index in [0.717, 1.165) is 12.8 Å². The van der Waals surface area contributed by atoms with Crippen LogP contribution in [0.1, 0.15) is 34.6 Å². The average molecular weight is 382 g/mol.